The second-order valence-electron chi connectivity index (χ2n) is 6.24. The van der Waals surface area contributed by atoms with Gasteiger partial charge in [-0.15, -0.1) is 0 Å². The summed E-state index contributed by atoms with van der Waals surface area (Å²) in [6.07, 6.45) is 2.67. The molecule has 1 fully saturated rings. The fraction of sp³-hybridized carbons (Fsp3) is 0.588. The van der Waals surface area contributed by atoms with Gasteiger partial charge in [0, 0.05) is 6.42 Å². The number of halogens is 1. The second-order valence-corrected chi connectivity index (χ2v) is 6.24. The molecule has 1 aliphatic rings. The quantitative estimate of drug-likeness (QED) is 0.846. The zero-order valence-electron chi connectivity index (χ0n) is 12.9. The summed E-state index contributed by atoms with van der Waals surface area (Å²) in [7, 11) is 0. The van der Waals surface area contributed by atoms with Crippen molar-refractivity contribution in [2.75, 3.05) is 13.1 Å². The van der Waals surface area contributed by atoms with Gasteiger partial charge in [0.1, 0.15) is 5.82 Å². The van der Waals surface area contributed by atoms with E-state index in [1.54, 1.807) is 12.1 Å². The van der Waals surface area contributed by atoms with Crippen LogP contribution in [0.3, 0.4) is 0 Å². The van der Waals surface area contributed by atoms with Gasteiger partial charge in [-0.05, 0) is 55.5 Å². The third kappa shape index (κ3) is 4.81. The normalized spacial score (nSPS) is 19.7. The molecule has 0 bridgehead atoms. The predicted molar refractivity (Wildman–Crippen MR) is 82.3 cm³/mol. The molecule has 0 aliphatic carbocycles. The molecule has 1 aromatic rings. The maximum Gasteiger partial charge on any atom is 0.220 e. The van der Waals surface area contributed by atoms with E-state index in [4.69, 9.17) is 0 Å². The van der Waals surface area contributed by atoms with Gasteiger partial charge in [0.25, 0.3) is 0 Å². The molecule has 0 spiro atoms. The molecule has 0 radical (unpaired) electrons. The van der Waals surface area contributed by atoms with Crippen LogP contribution in [0.2, 0.25) is 0 Å². The minimum Gasteiger partial charge on any atom is -0.349 e. The first-order valence-corrected chi connectivity index (χ1v) is 7.82. The molecule has 2 N–H and O–H groups in total. The average molecular weight is 292 g/mol. The highest BCUT2D eigenvalue weighted by atomic mass is 19.1. The molecule has 21 heavy (non-hydrogen) atoms. The van der Waals surface area contributed by atoms with Crippen LogP contribution in [0.15, 0.2) is 24.3 Å². The Morgan fingerprint density at radius 1 is 1.38 bits per heavy atom. The first kappa shape index (κ1) is 16.0. The van der Waals surface area contributed by atoms with Crippen LogP contribution < -0.4 is 10.6 Å². The van der Waals surface area contributed by atoms with E-state index in [2.05, 4.69) is 24.5 Å². The number of hydrogen-bond acceptors (Lipinski definition) is 2. The van der Waals surface area contributed by atoms with Crippen LogP contribution in [-0.4, -0.2) is 19.0 Å². The van der Waals surface area contributed by atoms with Crippen molar-refractivity contribution in [3.8, 4) is 0 Å². The number of carbonyl (C=O) groups is 1. The summed E-state index contributed by atoms with van der Waals surface area (Å²) in [4.78, 5) is 12.1. The van der Waals surface area contributed by atoms with Crippen LogP contribution in [0.5, 0.6) is 0 Å². The molecule has 2 unspecified atom stereocenters. The number of benzene rings is 1. The summed E-state index contributed by atoms with van der Waals surface area (Å²) in [5, 5.41) is 6.41. The van der Waals surface area contributed by atoms with Crippen molar-refractivity contribution < 1.29 is 9.18 Å². The van der Waals surface area contributed by atoms with Crippen LogP contribution in [0.1, 0.15) is 44.7 Å². The lowest BCUT2D eigenvalue weighted by Gasteiger charge is -2.23. The fourth-order valence-corrected chi connectivity index (χ4v) is 2.85. The highest BCUT2D eigenvalue weighted by Crippen LogP contribution is 2.22. The van der Waals surface area contributed by atoms with Crippen LogP contribution in [0.4, 0.5) is 4.39 Å². The monoisotopic (exact) mass is 292 g/mol. The summed E-state index contributed by atoms with van der Waals surface area (Å²) in [5.41, 5.74) is 0.960. The van der Waals surface area contributed by atoms with E-state index in [1.165, 1.54) is 18.6 Å². The Hall–Kier alpha value is -1.42. The number of hydrogen-bond donors (Lipinski definition) is 2. The number of amides is 1. The van der Waals surface area contributed by atoms with Gasteiger partial charge < -0.3 is 10.6 Å². The maximum atomic E-state index is 13.0. The van der Waals surface area contributed by atoms with Crippen molar-refractivity contribution in [3.05, 3.63) is 35.6 Å². The molecule has 0 aromatic heterocycles. The summed E-state index contributed by atoms with van der Waals surface area (Å²) in [6.45, 7) is 6.22. The zero-order valence-corrected chi connectivity index (χ0v) is 12.9. The zero-order chi connectivity index (χ0) is 15.2. The lowest BCUT2D eigenvalue weighted by atomic mass is 9.95. The van der Waals surface area contributed by atoms with E-state index < -0.39 is 0 Å². The van der Waals surface area contributed by atoms with E-state index >= 15 is 0 Å². The standard InChI is InChI=1S/C17H25FN2O/c1-12(2)17(14-4-6-15(18)7-5-14)20-16(21)8-3-13-9-10-19-11-13/h4-7,12-13,17,19H,3,8-11H2,1-2H3,(H,20,21). The number of carbonyl (C=O) groups excluding carboxylic acids is 1. The highest BCUT2D eigenvalue weighted by molar-refractivity contribution is 5.76. The molecule has 0 saturated carbocycles. The van der Waals surface area contributed by atoms with Crippen LogP contribution in [0.25, 0.3) is 0 Å². The van der Waals surface area contributed by atoms with E-state index in [1.807, 2.05) is 0 Å². The van der Waals surface area contributed by atoms with E-state index in [9.17, 15) is 9.18 Å². The van der Waals surface area contributed by atoms with Crippen molar-refractivity contribution >= 4 is 5.91 Å². The van der Waals surface area contributed by atoms with Crippen LogP contribution >= 0.6 is 0 Å². The van der Waals surface area contributed by atoms with Gasteiger partial charge >= 0.3 is 0 Å². The van der Waals surface area contributed by atoms with E-state index in [0.717, 1.165) is 25.1 Å². The Morgan fingerprint density at radius 3 is 2.67 bits per heavy atom. The molecule has 1 amide bonds. The van der Waals surface area contributed by atoms with Gasteiger partial charge in [0.15, 0.2) is 0 Å². The summed E-state index contributed by atoms with van der Waals surface area (Å²) >= 11 is 0. The molecule has 3 nitrogen and oxygen atoms in total. The van der Waals surface area contributed by atoms with Gasteiger partial charge in [-0.3, -0.25) is 4.79 Å². The molecule has 1 saturated heterocycles. The molecule has 4 heteroatoms. The SMILES string of the molecule is CC(C)C(NC(=O)CCC1CCNC1)c1ccc(F)cc1. The Morgan fingerprint density at radius 2 is 2.10 bits per heavy atom. The minimum absolute atomic E-state index is 0.0557. The van der Waals surface area contributed by atoms with Gasteiger partial charge in [0.2, 0.25) is 5.91 Å². The first-order valence-electron chi connectivity index (χ1n) is 7.82. The third-order valence-corrected chi connectivity index (χ3v) is 4.15. The number of rotatable bonds is 6. The van der Waals surface area contributed by atoms with Crippen molar-refractivity contribution in [3.63, 3.8) is 0 Å². The van der Waals surface area contributed by atoms with Gasteiger partial charge in [-0.25, -0.2) is 4.39 Å². The molecule has 1 aliphatic heterocycles. The molecular formula is C17H25FN2O. The van der Waals surface area contributed by atoms with Crippen molar-refractivity contribution in [2.45, 2.75) is 39.2 Å². The largest absolute Gasteiger partial charge is 0.349 e. The minimum atomic E-state index is -0.249. The predicted octanol–water partition coefficient (Wildman–Crippen LogP) is 3.03. The van der Waals surface area contributed by atoms with Crippen molar-refractivity contribution in [2.24, 2.45) is 11.8 Å². The topological polar surface area (TPSA) is 41.1 Å². The lowest BCUT2D eigenvalue weighted by molar-refractivity contribution is -0.122. The maximum absolute atomic E-state index is 13.0. The first-order chi connectivity index (χ1) is 10.1. The smallest absolute Gasteiger partial charge is 0.220 e. The van der Waals surface area contributed by atoms with Gasteiger partial charge in [-0.2, -0.15) is 0 Å². The van der Waals surface area contributed by atoms with Crippen LogP contribution in [-0.2, 0) is 4.79 Å². The molecule has 2 rings (SSSR count). The van der Waals surface area contributed by atoms with Gasteiger partial charge in [-0.1, -0.05) is 26.0 Å². The van der Waals surface area contributed by atoms with E-state index in [-0.39, 0.29) is 23.7 Å². The molecule has 2 atom stereocenters. The summed E-state index contributed by atoms with van der Waals surface area (Å²) < 4.78 is 13.0. The Bertz CT molecular complexity index is 452. The number of nitrogens with one attached hydrogen (secondary N) is 2. The third-order valence-electron chi connectivity index (χ3n) is 4.15. The Labute approximate surface area is 126 Å². The molecule has 116 valence electrons. The van der Waals surface area contributed by atoms with Crippen molar-refractivity contribution in [1.82, 2.24) is 10.6 Å². The second kappa shape index (κ2) is 7.55. The average Bonchev–Trinajstić information content (AvgIpc) is 2.97. The fourth-order valence-electron chi connectivity index (χ4n) is 2.85. The Balaban J connectivity index is 1.89. The van der Waals surface area contributed by atoms with Crippen LogP contribution in [0, 0.1) is 17.7 Å². The molecular weight excluding hydrogens is 267 g/mol. The van der Waals surface area contributed by atoms with Crippen molar-refractivity contribution in [1.29, 1.82) is 0 Å². The summed E-state index contributed by atoms with van der Waals surface area (Å²) in [5.74, 6) is 0.734. The summed E-state index contributed by atoms with van der Waals surface area (Å²) in [6, 6.07) is 6.34. The highest BCUT2D eigenvalue weighted by Gasteiger charge is 2.20. The van der Waals surface area contributed by atoms with E-state index in [0.29, 0.717) is 12.3 Å². The molecule has 1 aromatic carbocycles. The molecule has 1 heterocycles. The lowest BCUT2D eigenvalue weighted by Crippen LogP contribution is -2.32. The van der Waals surface area contributed by atoms with Gasteiger partial charge in [0.05, 0.1) is 6.04 Å². The Kier molecular flexibility index (Phi) is 5.74.